The molecule has 0 aromatic carbocycles. The highest BCUT2D eigenvalue weighted by Crippen LogP contribution is 2.17. The number of nitrogens with zero attached hydrogens (tertiary/aromatic N) is 2. The van der Waals surface area contributed by atoms with Gasteiger partial charge < -0.3 is 5.73 Å². The summed E-state index contributed by atoms with van der Waals surface area (Å²) in [6.45, 7) is 1.87. The zero-order valence-electron chi connectivity index (χ0n) is 9.30. The number of likely N-dealkylation sites (tertiary alicyclic amines) is 1. The molecule has 0 spiro atoms. The third-order valence-electron chi connectivity index (χ3n) is 3.10. The lowest BCUT2D eigenvalue weighted by molar-refractivity contribution is -0.122. The van der Waals surface area contributed by atoms with Gasteiger partial charge in [-0.15, -0.1) is 0 Å². The Bertz CT molecular complexity index is 353. The summed E-state index contributed by atoms with van der Waals surface area (Å²) < 4.78 is 0. The van der Waals surface area contributed by atoms with Crippen LogP contribution in [0, 0.1) is 0 Å². The van der Waals surface area contributed by atoms with Gasteiger partial charge in [0.05, 0.1) is 6.04 Å². The number of carbonyl (C=O) groups is 1. The first-order chi connectivity index (χ1) is 7.77. The molecule has 1 unspecified atom stereocenters. The molecular weight excluding hydrogens is 202 g/mol. The Morgan fingerprint density at radius 2 is 2.50 bits per heavy atom. The van der Waals surface area contributed by atoms with Crippen molar-refractivity contribution in [1.82, 2.24) is 9.88 Å². The molecule has 0 radical (unpaired) electrons. The van der Waals surface area contributed by atoms with E-state index in [1.807, 2.05) is 12.3 Å². The van der Waals surface area contributed by atoms with Crippen molar-refractivity contribution in [2.75, 3.05) is 13.1 Å². The fourth-order valence-electron chi connectivity index (χ4n) is 2.23. The van der Waals surface area contributed by atoms with Gasteiger partial charge >= 0.3 is 0 Å². The number of carbonyl (C=O) groups excluding carboxylic acids is 1. The zero-order chi connectivity index (χ0) is 11.4. The van der Waals surface area contributed by atoms with E-state index in [1.54, 1.807) is 6.20 Å². The van der Waals surface area contributed by atoms with Crippen LogP contribution in [-0.2, 0) is 11.2 Å². The predicted molar refractivity (Wildman–Crippen MR) is 61.7 cm³/mol. The fourth-order valence-corrected chi connectivity index (χ4v) is 2.23. The highest BCUT2D eigenvalue weighted by Gasteiger charge is 2.28. The summed E-state index contributed by atoms with van der Waals surface area (Å²) in [6.07, 6.45) is 6.54. The van der Waals surface area contributed by atoms with Crippen LogP contribution >= 0.6 is 0 Å². The first-order valence-corrected chi connectivity index (χ1v) is 5.69. The van der Waals surface area contributed by atoms with Gasteiger partial charge in [-0.3, -0.25) is 14.7 Å². The number of primary amides is 1. The molecule has 2 rings (SSSR count). The van der Waals surface area contributed by atoms with Crippen LogP contribution in [0.2, 0.25) is 0 Å². The van der Waals surface area contributed by atoms with Gasteiger partial charge in [0.15, 0.2) is 0 Å². The molecule has 2 N–H and O–H groups in total. The van der Waals surface area contributed by atoms with Crippen molar-refractivity contribution < 1.29 is 4.79 Å². The van der Waals surface area contributed by atoms with Crippen molar-refractivity contribution in [2.45, 2.75) is 25.3 Å². The zero-order valence-corrected chi connectivity index (χ0v) is 9.30. The fraction of sp³-hybridized carbons (Fsp3) is 0.500. The number of amides is 1. The Labute approximate surface area is 95.5 Å². The number of nitrogens with two attached hydrogens (primary N) is 1. The summed E-state index contributed by atoms with van der Waals surface area (Å²) in [6, 6.07) is 3.93. The molecule has 4 nitrogen and oxygen atoms in total. The molecule has 0 saturated carbocycles. The normalized spacial score (nSPS) is 21.1. The SMILES string of the molecule is NC(=O)C1CCCN1CCc1cccnc1. The van der Waals surface area contributed by atoms with Crippen molar-refractivity contribution in [3.05, 3.63) is 30.1 Å². The monoisotopic (exact) mass is 219 g/mol. The molecule has 1 atom stereocenters. The third kappa shape index (κ3) is 2.58. The second-order valence-corrected chi connectivity index (χ2v) is 4.21. The van der Waals surface area contributed by atoms with Crippen LogP contribution in [-0.4, -0.2) is 34.9 Å². The van der Waals surface area contributed by atoms with E-state index < -0.39 is 0 Å². The maximum atomic E-state index is 11.2. The Balaban J connectivity index is 1.88. The smallest absolute Gasteiger partial charge is 0.234 e. The standard InChI is InChI=1S/C12H17N3O/c13-12(16)11-4-2-7-15(11)8-5-10-3-1-6-14-9-10/h1,3,6,9,11H,2,4-5,7-8H2,(H2,13,16). The van der Waals surface area contributed by atoms with Crippen molar-refractivity contribution in [2.24, 2.45) is 5.73 Å². The van der Waals surface area contributed by atoms with E-state index in [0.717, 1.165) is 32.4 Å². The lowest BCUT2D eigenvalue weighted by Crippen LogP contribution is -2.41. The molecule has 2 heterocycles. The molecule has 1 aliphatic rings. The van der Waals surface area contributed by atoms with Crippen molar-refractivity contribution >= 4 is 5.91 Å². The Kier molecular flexibility index (Phi) is 3.51. The highest BCUT2D eigenvalue weighted by molar-refractivity contribution is 5.80. The van der Waals surface area contributed by atoms with Gasteiger partial charge in [-0.1, -0.05) is 6.07 Å². The minimum absolute atomic E-state index is 0.0586. The number of hydrogen-bond acceptors (Lipinski definition) is 3. The predicted octanol–water partition coefficient (Wildman–Crippen LogP) is 0.574. The molecule has 1 aliphatic heterocycles. The molecule has 1 saturated heterocycles. The molecule has 1 aromatic rings. The van der Waals surface area contributed by atoms with Crippen LogP contribution in [0.4, 0.5) is 0 Å². The summed E-state index contributed by atoms with van der Waals surface area (Å²) >= 11 is 0. The summed E-state index contributed by atoms with van der Waals surface area (Å²) in [5.74, 6) is -0.191. The summed E-state index contributed by atoms with van der Waals surface area (Å²) in [7, 11) is 0. The molecule has 16 heavy (non-hydrogen) atoms. The van der Waals surface area contributed by atoms with E-state index in [2.05, 4.69) is 16.0 Å². The molecule has 0 bridgehead atoms. The van der Waals surface area contributed by atoms with Gasteiger partial charge in [0, 0.05) is 18.9 Å². The van der Waals surface area contributed by atoms with Gasteiger partial charge in [0.1, 0.15) is 0 Å². The second-order valence-electron chi connectivity index (χ2n) is 4.21. The van der Waals surface area contributed by atoms with Gasteiger partial charge in [-0.25, -0.2) is 0 Å². The number of aromatic nitrogens is 1. The van der Waals surface area contributed by atoms with Gasteiger partial charge in [0.25, 0.3) is 0 Å². The van der Waals surface area contributed by atoms with E-state index in [-0.39, 0.29) is 11.9 Å². The summed E-state index contributed by atoms with van der Waals surface area (Å²) in [4.78, 5) is 17.4. The number of hydrogen-bond donors (Lipinski definition) is 1. The third-order valence-corrected chi connectivity index (χ3v) is 3.10. The van der Waals surface area contributed by atoms with Crippen LogP contribution in [0.15, 0.2) is 24.5 Å². The van der Waals surface area contributed by atoms with Gasteiger partial charge in [-0.2, -0.15) is 0 Å². The minimum atomic E-state index is -0.191. The lowest BCUT2D eigenvalue weighted by Gasteiger charge is -2.21. The number of pyridine rings is 1. The summed E-state index contributed by atoms with van der Waals surface area (Å²) in [5.41, 5.74) is 6.57. The van der Waals surface area contributed by atoms with Crippen LogP contribution in [0.25, 0.3) is 0 Å². The van der Waals surface area contributed by atoms with E-state index in [0.29, 0.717) is 0 Å². The molecule has 1 amide bonds. The van der Waals surface area contributed by atoms with E-state index in [1.165, 1.54) is 5.56 Å². The maximum Gasteiger partial charge on any atom is 0.234 e. The average Bonchev–Trinajstić information content (AvgIpc) is 2.76. The first-order valence-electron chi connectivity index (χ1n) is 5.69. The molecular formula is C12H17N3O. The van der Waals surface area contributed by atoms with Gasteiger partial charge in [-0.05, 0) is 37.4 Å². The second kappa shape index (κ2) is 5.07. The molecule has 4 heteroatoms. The van der Waals surface area contributed by atoms with Crippen LogP contribution in [0.5, 0.6) is 0 Å². The van der Waals surface area contributed by atoms with Crippen LogP contribution in [0.1, 0.15) is 18.4 Å². The molecule has 1 aromatic heterocycles. The van der Waals surface area contributed by atoms with E-state index in [9.17, 15) is 4.79 Å². The first kappa shape index (κ1) is 11.1. The summed E-state index contributed by atoms with van der Waals surface area (Å²) in [5, 5.41) is 0. The molecule has 0 aliphatic carbocycles. The quantitative estimate of drug-likeness (QED) is 0.805. The Morgan fingerprint density at radius 3 is 3.19 bits per heavy atom. The van der Waals surface area contributed by atoms with Crippen molar-refractivity contribution in [3.63, 3.8) is 0 Å². The number of rotatable bonds is 4. The maximum absolute atomic E-state index is 11.2. The topological polar surface area (TPSA) is 59.2 Å². The highest BCUT2D eigenvalue weighted by atomic mass is 16.1. The van der Waals surface area contributed by atoms with Gasteiger partial charge in [0.2, 0.25) is 5.91 Å². The molecule has 86 valence electrons. The van der Waals surface area contributed by atoms with Crippen LogP contribution < -0.4 is 5.73 Å². The van der Waals surface area contributed by atoms with E-state index in [4.69, 9.17) is 5.73 Å². The minimum Gasteiger partial charge on any atom is -0.368 e. The Morgan fingerprint density at radius 1 is 1.62 bits per heavy atom. The average molecular weight is 219 g/mol. The lowest BCUT2D eigenvalue weighted by atomic mass is 10.2. The largest absolute Gasteiger partial charge is 0.368 e. The molecule has 1 fully saturated rings. The van der Waals surface area contributed by atoms with Crippen LogP contribution in [0.3, 0.4) is 0 Å². The van der Waals surface area contributed by atoms with E-state index >= 15 is 0 Å². The Hall–Kier alpha value is -1.42. The van der Waals surface area contributed by atoms with Crippen molar-refractivity contribution in [3.8, 4) is 0 Å². The van der Waals surface area contributed by atoms with Crippen molar-refractivity contribution in [1.29, 1.82) is 0 Å².